The van der Waals surface area contributed by atoms with E-state index in [0.29, 0.717) is 12.2 Å². The van der Waals surface area contributed by atoms with Crippen LogP contribution in [0.1, 0.15) is 19.3 Å². The van der Waals surface area contributed by atoms with Gasteiger partial charge in [0, 0.05) is 34.8 Å². The van der Waals surface area contributed by atoms with Gasteiger partial charge >= 0.3 is 0 Å². The van der Waals surface area contributed by atoms with E-state index in [1.807, 2.05) is 54.8 Å². The van der Waals surface area contributed by atoms with Crippen molar-refractivity contribution in [1.82, 2.24) is 9.97 Å². The maximum Gasteiger partial charge on any atom is 0.251 e. The molecule has 0 unspecified atom stereocenters. The fourth-order valence-electron chi connectivity index (χ4n) is 3.56. The van der Waals surface area contributed by atoms with Gasteiger partial charge in [-0.3, -0.25) is 9.59 Å². The number of carbonyl (C=O) groups is 2. The Balaban J connectivity index is 1.44. The zero-order valence-corrected chi connectivity index (χ0v) is 15.7. The summed E-state index contributed by atoms with van der Waals surface area (Å²) in [6.45, 7) is 0. The summed E-state index contributed by atoms with van der Waals surface area (Å²) >= 11 is 0. The normalized spacial score (nSPS) is 15.4. The van der Waals surface area contributed by atoms with Gasteiger partial charge in [-0.1, -0.05) is 30.4 Å². The first kappa shape index (κ1) is 17.4. The van der Waals surface area contributed by atoms with Gasteiger partial charge in [0.2, 0.25) is 5.91 Å². The third kappa shape index (κ3) is 3.45. The molecule has 2 heterocycles. The van der Waals surface area contributed by atoms with E-state index in [9.17, 15) is 9.59 Å². The van der Waals surface area contributed by atoms with Gasteiger partial charge in [-0.2, -0.15) is 0 Å². The van der Waals surface area contributed by atoms with E-state index >= 15 is 0 Å². The van der Waals surface area contributed by atoms with Crippen molar-refractivity contribution in [2.45, 2.75) is 19.3 Å². The largest absolute Gasteiger partial charge is 0.359 e. The minimum Gasteiger partial charge on any atom is -0.359 e. The van der Waals surface area contributed by atoms with E-state index in [1.165, 1.54) is 0 Å². The SMILES string of the molecule is O=C(Nc1cccc2c(-c3ccnc(NC(=O)C4CC4)c3)c[nH]c12)C1=CC=CC1. The number of hydrogen-bond donors (Lipinski definition) is 3. The molecule has 0 spiro atoms. The standard InChI is InChI=1S/C23H20N4O2/c28-22(14-4-1-2-5-14)26-19-7-3-6-17-18(13-25-21(17)19)16-10-11-24-20(12-16)27-23(29)15-8-9-15/h1-4,6-7,10-13,15,25H,5,8-9H2,(H,26,28)(H,24,27,29). The number of fused-ring (bicyclic) bond motifs is 1. The molecule has 2 aliphatic rings. The third-order valence-electron chi connectivity index (χ3n) is 5.30. The summed E-state index contributed by atoms with van der Waals surface area (Å²) in [4.78, 5) is 32.0. The number of allylic oxidation sites excluding steroid dienone is 3. The van der Waals surface area contributed by atoms with E-state index in [4.69, 9.17) is 0 Å². The van der Waals surface area contributed by atoms with E-state index in [1.54, 1.807) is 6.20 Å². The number of amides is 2. The molecule has 0 bridgehead atoms. The predicted octanol–water partition coefficient (Wildman–Crippen LogP) is 4.40. The maximum atomic E-state index is 12.5. The van der Waals surface area contributed by atoms with Crippen molar-refractivity contribution < 1.29 is 9.59 Å². The van der Waals surface area contributed by atoms with Gasteiger partial charge in [-0.25, -0.2) is 4.98 Å². The van der Waals surface area contributed by atoms with Crippen LogP contribution in [0.3, 0.4) is 0 Å². The van der Waals surface area contributed by atoms with Gasteiger partial charge < -0.3 is 15.6 Å². The third-order valence-corrected chi connectivity index (χ3v) is 5.30. The first-order valence-corrected chi connectivity index (χ1v) is 9.73. The predicted molar refractivity (Wildman–Crippen MR) is 113 cm³/mol. The molecule has 1 aromatic carbocycles. The molecule has 6 heteroatoms. The van der Waals surface area contributed by atoms with Crippen LogP contribution in [0.4, 0.5) is 11.5 Å². The second-order valence-corrected chi connectivity index (χ2v) is 7.40. The Morgan fingerprint density at radius 3 is 2.83 bits per heavy atom. The van der Waals surface area contributed by atoms with Gasteiger partial charge in [0.25, 0.3) is 5.91 Å². The molecule has 5 rings (SSSR count). The Labute approximate surface area is 167 Å². The van der Waals surface area contributed by atoms with E-state index in [0.717, 1.165) is 46.1 Å². The number of anilines is 2. The first-order valence-electron chi connectivity index (χ1n) is 9.73. The number of aromatic amines is 1. The summed E-state index contributed by atoms with van der Waals surface area (Å²) in [6, 6.07) is 9.61. The minimum absolute atomic E-state index is 0.0364. The lowest BCUT2D eigenvalue weighted by Gasteiger charge is -2.08. The topological polar surface area (TPSA) is 86.9 Å². The number of rotatable bonds is 5. The van der Waals surface area contributed by atoms with Crippen molar-refractivity contribution in [3.8, 4) is 11.1 Å². The lowest BCUT2D eigenvalue weighted by molar-refractivity contribution is -0.117. The molecule has 2 amide bonds. The van der Waals surface area contributed by atoms with E-state index < -0.39 is 0 Å². The van der Waals surface area contributed by atoms with Crippen LogP contribution in [0.2, 0.25) is 0 Å². The fourth-order valence-corrected chi connectivity index (χ4v) is 3.56. The highest BCUT2D eigenvalue weighted by Crippen LogP contribution is 2.34. The number of aromatic nitrogens is 2. The molecule has 1 saturated carbocycles. The summed E-state index contributed by atoms with van der Waals surface area (Å²) in [5.41, 5.74) is 4.29. The summed E-state index contributed by atoms with van der Waals surface area (Å²) in [7, 11) is 0. The zero-order chi connectivity index (χ0) is 19.8. The average Bonchev–Trinajstić information content (AvgIpc) is 3.25. The van der Waals surface area contributed by atoms with Gasteiger partial charge in [0.15, 0.2) is 0 Å². The number of nitrogens with one attached hydrogen (secondary N) is 3. The quantitative estimate of drug-likeness (QED) is 0.609. The van der Waals surface area contributed by atoms with Crippen LogP contribution in [0.15, 0.2) is 66.5 Å². The minimum atomic E-state index is -0.0902. The highest BCUT2D eigenvalue weighted by Gasteiger charge is 2.29. The lowest BCUT2D eigenvalue weighted by atomic mass is 10.1. The Kier molecular flexibility index (Phi) is 4.24. The molecule has 144 valence electrons. The lowest BCUT2D eigenvalue weighted by Crippen LogP contribution is -2.14. The molecule has 2 aliphatic carbocycles. The summed E-state index contributed by atoms with van der Waals surface area (Å²) in [6.07, 6.45) is 11.9. The number of hydrogen-bond acceptors (Lipinski definition) is 3. The highest BCUT2D eigenvalue weighted by atomic mass is 16.2. The Bertz CT molecular complexity index is 1180. The summed E-state index contributed by atoms with van der Waals surface area (Å²) < 4.78 is 0. The van der Waals surface area contributed by atoms with Crippen LogP contribution in [0.5, 0.6) is 0 Å². The molecular formula is C23H20N4O2. The fraction of sp³-hybridized carbons (Fsp3) is 0.174. The molecule has 0 radical (unpaired) electrons. The van der Waals surface area contributed by atoms with Crippen molar-refractivity contribution in [3.63, 3.8) is 0 Å². The summed E-state index contributed by atoms with van der Waals surface area (Å²) in [5.74, 6) is 0.630. The molecule has 0 aliphatic heterocycles. The number of pyridine rings is 1. The van der Waals surface area contributed by atoms with Crippen LogP contribution >= 0.6 is 0 Å². The monoisotopic (exact) mass is 384 g/mol. The van der Waals surface area contributed by atoms with Crippen LogP contribution in [-0.4, -0.2) is 21.8 Å². The van der Waals surface area contributed by atoms with Crippen LogP contribution < -0.4 is 10.6 Å². The van der Waals surface area contributed by atoms with E-state index in [2.05, 4.69) is 20.6 Å². The molecule has 2 aromatic heterocycles. The Morgan fingerprint density at radius 2 is 2.03 bits per heavy atom. The van der Waals surface area contributed by atoms with Gasteiger partial charge in [0.1, 0.15) is 5.82 Å². The van der Waals surface area contributed by atoms with Crippen LogP contribution in [0, 0.1) is 5.92 Å². The number of benzene rings is 1. The average molecular weight is 384 g/mol. The molecule has 29 heavy (non-hydrogen) atoms. The van der Waals surface area contributed by atoms with Crippen LogP contribution in [0.25, 0.3) is 22.0 Å². The van der Waals surface area contributed by atoms with E-state index in [-0.39, 0.29) is 17.7 Å². The maximum absolute atomic E-state index is 12.5. The number of para-hydroxylation sites is 1. The Morgan fingerprint density at radius 1 is 1.14 bits per heavy atom. The molecular weight excluding hydrogens is 364 g/mol. The molecule has 0 atom stereocenters. The van der Waals surface area contributed by atoms with Gasteiger partial charge in [-0.05, 0) is 43.0 Å². The van der Waals surface area contributed by atoms with Crippen LogP contribution in [-0.2, 0) is 9.59 Å². The van der Waals surface area contributed by atoms with Gasteiger partial charge in [0.05, 0.1) is 11.2 Å². The first-order chi connectivity index (χ1) is 14.2. The second kappa shape index (κ2) is 7.05. The number of nitrogens with zero attached hydrogens (tertiary/aromatic N) is 1. The molecule has 1 fully saturated rings. The molecule has 3 N–H and O–H groups in total. The highest BCUT2D eigenvalue weighted by molar-refractivity contribution is 6.10. The number of carbonyl (C=O) groups excluding carboxylic acids is 2. The molecule has 6 nitrogen and oxygen atoms in total. The van der Waals surface area contributed by atoms with Crippen molar-refractivity contribution >= 4 is 34.2 Å². The van der Waals surface area contributed by atoms with Crippen molar-refractivity contribution in [2.75, 3.05) is 10.6 Å². The zero-order valence-electron chi connectivity index (χ0n) is 15.7. The van der Waals surface area contributed by atoms with Crippen molar-refractivity contribution in [1.29, 1.82) is 0 Å². The van der Waals surface area contributed by atoms with Gasteiger partial charge in [-0.15, -0.1) is 0 Å². The Hall–Kier alpha value is -3.67. The summed E-state index contributed by atoms with van der Waals surface area (Å²) in [5, 5.41) is 6.89. The van der Waals surface area contributed by atoms with Crippen molar-refractivity contribution in [2.24, 2.45) is 5.92 Å². The number of H-pyrrole nitrogens is 1. The molecule has 0 saturated heterocycles. The van der Waals surface area contributed by atoms with Crippen molar-refractivity contribution in [3.05, 3.63) is 66.5 Å². The molecule has 3 aromatic rings. The smallest absolute Gasteiger partial charge is 0.251 e. The second-order valence-electron chi connectivity index (χ2n) is 7.40.